The minimum absolute atomic E-state index is 0.00894. The highest BCUT2D eigenvalue weighted by Crippen LogP contribution is 2.17. The number of aryl methyl sites for hydroxylation is 1. The van der Waals surface area contributed by atoms with E-state index in [0.29, 0.717) is 19.5 Å². The maximum atomic E-state index is 11.9. The second-order valence-corrected chi connectivity index (χ2v) is 5.07. The van der Waals surface area contributed by atoms with Gasteiger partial charge in [0, 0.05) is 45.7 Å². The van der Waals surface area contributed by atoms with Gasteiger partial charge in [-0.2, -0.15) is 5.10 Å². The molecule has 2 amide bonds. The molecule has 104 valence electrons. The Balaban J connectivity index is 1.74. The standard InChI is InChI=1S/C13H20N4O2/c1-16-6-4-11(7-12(16)18)13(19)14-5-3-10-8-15-17(2)9-10/h8-9,11H,3-7H2,1-2H3,(H,14,19)/t11-/m1/s1. The molecule has 1 saturated heterocycles. The van der Waals surface area contributed by atoms with Gasteiger partial charge in [0.2, 0.25) is 11.8 Å². The Bertz CT molecular complexity index is 469. The number of piperidine rings is 1. The quantitative estimate of drug-likeness (QED) is 0.829. The molecular formula is C13H20N4O2. The molecule has 2 heterocycles. The lowest BCUT2D eigenvalue weighted by Gasteiger charge is -2.27. The van der Waals surface area contributed by atoms with Gasteiger partial charge < -0.3 is 10.2 Å². The molecule has 1 aliphatic rings. The Morgan fingerprint density at radius 2 is 2.32 bits per heavy atom. The lowest BCUT2D eigenvalue weighted by atomic mass is 9.95. The first kappa shape index (κ1) is 13.6. The zero-order valence-corrected chi connectivity index (χ0v) is 11.4. The van der Waals surface area contributed by atoms with Crippen molar-refractivity contribution < 1.29 is 9.59 Å². The van der Waals surface area contributed by atoms with Gasteiger partial charge in [0.05, 0.1) is 6.20 Å². The van der Waals surface area contributed by atoms with Crippen molar-refractivity contribution in [3.8, 4) is 0 Å². The summed E-state index contributed by atoms with van der Waals surface area (Å²) in [6.45, 7) is 1.25. The molecule has 1 N–H and O–H groups in total. The van der Waals surface area contributed by atoms with Crippen LogP contribution in [-0.2, 0) is 23.1 Å². The lowest BCUT2D eigenvalue weighted by molar-refractivity contribution is -0.139. The van der Waals surface area contributed by atoms with Crippen molar-refractivity contribution in [2.24, 2.45) is 13.0 Å². The number of carbonyl (C=O) groups is 2. The number of likely N-dealkylation sites (tertiary alicyclic amines) is 1. The summed E-state index contributed by atoms with van der Waals surface area (Å²) >= 11 is 0. The molecule has 0 aromatic carbocycles. The fraction of sp³-hybridized carbons (Fsp3) is 0.615. The molecular weight excluding hydrogens is 244 g/mol. The van der Waals surface area contributed by atoms with Gasteiger partial charge in [-0.15, -0.1) is 0 Å². The van der Waals surface area contributed by atoms with E-state index in [4.69, 9.17) is 0 Å². The fourth-order valence-electron chi connectivity index (χ4n) is 2.24. The molecule has 0 saturated carbocycles. The number of nitrogens with one attached hydrogen (secondary N) is 1. The Labute approximate surface area is 112 Å². The van der Waals surface area contributed by atoms with Crippen LogP contribution >= 0.6 is 0 Å². The molecule has 6 nitrogen and oxygen atoms in total. The SMILES string of the molecule is CN1CC[C@@H](C(=O)NCCc2cnn(C)c2)CC1=O. The molecule has 6 heteroatoms. The predicted octanol–water partition coefficient (Wildman–Crippen LogP) is -0.0528. The molecule has 0 aliphatic carbocycles. The van der Waals surface area contributed by atoms with Gasteiger partial charge in [-0.3, -0.25) is 14.3 Å². The van der Waals surface area contributed by atoms with E-state index in [1.807, 2.05) is 13.2 Å². The zero-order valence-electron chi connectivity index (χ0n) is 11.4. The maximum Gasteiger partial charge on any atom is 0.223 e. The first-order valence-electron chi connectivity index (χ1n) is 6.55. The van der Waals surface area contributed by atoms with Crippen molar-refractivity contribution in [1.82, 2.24) is 20.0 Å². The van der Waals surface area contributed by atoms with Gasteiger partial charge >= 0.3 is 0 Å². The maximum absolute atomic E-state index is 11.9. The molecule has 0 unspecified atom stereocenters. The van der Waals surface area contributed by atoms with Crippen LogP contribution < -0.4 is 5.32 Å². The van der Waals surface area contributed by atoms with Crippen LogP contribution in [0.5, 0.6) is 0 Å². The number of carbonyl (C=O) groups excluding carboxylic acids is 2. The molecule has 19 heavy (non-hydrogen) atoms. The van der Waals surface area contributed by atoms with Crippen LogP contribution in [-0.4, -0.2) is 46.6 Å². The van der Waals surface area contributed by atoms with E-state index in [0.717, 1.165) is 18.4 Å². The summed E-state index contributed by atoms with van der Waals surface area (Å²) in [6.07, 6.45) is 5.58. The van der Waals surface area contributed by atoms with Gasteiger partial charge in [0.25, 0.3) is 0 Å². The normalized spacial score (nSPS) is 19.6. The monoisotopic (exact) mass is 264 g/mol. The van der Waals surface area contributed by atoms with Gasteiger partial charge in [-0.05, 0) is 18.4 Å². The van der Waals surface area contributed by atoms with Gasteiger partial charge in [-0.25, -0.2) is 0 Å². The van der Waals surface area contributed by atoms with Crippen molar-refractivity contribution >= 4 is 11.8 Å². The van der Waals surface area contributed by atoms with E-state index in [2.05, 4.69) is 10.4 Å². The molecule has 2 rings (SSSR count). The smallest absolute Gasteiger partial charge is 0.223 e. The largest absolute Gasteiger partial charge is 0.356 e. The molecule has 1 fully saturated rings. The molecule has 1 atom stereocenters. The third-order valence-corrected chi connectivity index (χ3v) is 3.50. The average Bonchev–Trinajstić information content (AvgIpc) is 2.78. The van der Waals surface area contributed by atoms with E-state index in [9.17, 15) is 9.59 Å². The Kier molecular flexibility index (Phi) is 4.19. The van der Waals surface area contributed by atoms with Gasteiger partial charge in [0.15, 0.2) is 0 Å². The summed E-state index contributed by atoms with van der Waals surface area (Å²) in [4.78, 5) is 25.2. The Morgan fingerprint density at radius 1 is 1.53 bits per heavy atom. The predicted molar refractivity (Wildman–Crippen MR) is 70.3 cm³/mol. The number of aromatic nitrogens is 2. The van der Waals surface area contributed by atoms with Crippen molar-refractivity contribution in [2.45, 2.75) is 19.3 Å². The molecule has 1 aliphatic heterocycles. The van der Waals surface area contributed by atoms with E-state index in [-0.39, 0.29) is 17.7 Å². The van der Waals surface area contributed by atoms with Crippen LogP contribution in [0, 0.1) is 5.92 Å². The number of nitrogens with zero attached hydrogens (tertiary/aromatic N) is 3. The van der Waals surface area contributed by atoms with E-state index in [1.54, 1.807) is 22.8 Å². The first-order chi connectivity index (χ1) is 9.06. The van der Waals surface area contributed by atoms with Crippen LogP contribution in [0.2, 0.25) is 0 Å². The summed E-state index contributed by atoms with van der Waals surface area (Å²) in [7, 11) is 3.64. The highest BCUT2D eigenvalue weighted by atomic mass is 16.2. The highest BCUT2D eigenvalue weighted by Gasteiger charge is 2.28. The number of amides is 2. The van der Waals surface area contributed by atoms with Crippen LogP contribution in [0.15, 0.2) is 12.4 Å². The second-order valence-electron chi connectivity index (χ2n) is 5.07. The zero-order chi connectivity index (χ0) is 13.8. The minimum Gasteiger partial charge on any atom is -0.356 e. The van der Waals surface area contributed by atoms with Crippen molar-refractivity contribution in [3.63, 3.8) is 0 Å². The van der Waals surface area contributed by atoms with Crippen molar-refractivity contribution in [2.75, 3.05) is 20.1 Å². The molecule has 0 bridgehead atoms. The van der Waals surface area contributed by atoms with Crippen LogP contribution in [0.3, 0.4) is 0 Å². The van der Waals surface area contributed by atoms with E-state index < -0.39 is 0 Å². The summed E-state index contributed by atoms with van der Waals surface area (Å²) < 4.78 is 1.74. The van der Waals surface area contributed by atoms with Crippen molar-refractivity contribution in [1.29, 1.82) is 0 Å². The van der Waals surface area contributed by atoms with Gasteiger partial charge in [-0.1, -0.05) is 0 Å². The molecule has 0 spiro atoms. The first-order valence-corrected chi connectivity index (χ1v) is 6.55. The summed E-state index contributed by atoms with van der Waals surface area (Å²) in [6, 6.07) is 0. The molecule has 0 radical (unpaired) electrons. The number of hydrogen-bond acceptors (Lipinski definition) is 3. The Hall–Kier alpha value is -1.85. The third-order valence-electron chi connectivity index (χ3n) is 3.50. The number of hydrogen-bond donors (Lipinski definition) is 1. The van der Waals surface area contributed by atoms with Crippen LogP contribution in [0.25, 0.3) is 0 Å². The Morgan fingerprint density at radius 3 is 2.95 bits per heavy atom. The van der Waals surface area contributed by atoms with E-state index in [1.165, 1.54) is 0 Å². The topological polar surface area (TPSA) is 67.2 Å². The lowest BCUT2D eigenvalue weighted by Crippen LogP contribution is -2.42. The summed E-state index contributed by atoms with van der Waals surface area (Å²) in [5, 5.41) is 6.98. The third kappa shape index (κ3) is 3.56. The van der Waals surface area contributed by atoms with Crippen LogP contribution in [0.1, 0.15) is 18.4 Å². The van der Waals surface area contributed by atoms with Crippen LogP contribution in [0.4, 0.5) is 0 Å². The fourth-order valence-corrected chi connectivity index (χ4v) is 2.24. The average molecular weight is 264 g/mol. The summed E-state index contributed by atoms with van der Waals surface area (Å²) in [5.41, 5.74) is 1.10. The minimum atomic E-state index is -0.169. The van der Waals surface area contributed by atoms with Gasteiger partial charge in [0.1, 0.15) is 0 Å². The summed E-state index contributed by atoms with van der Waals surface area (Å²) in [5.74, 6) is -0.124. The second kappa shape index (κ2) is 5.86. The highest BCUT2D eigenvalue weighted by molar-refractivity contribution is 5.86. The molecule has 1 aromatic rings. The van der Waals surface area contributed by atoms with Crippen molar-refractivity contribution in [3.05, 3.63) is 18.0 Å². The van der Waals surface area contributed by atoms with E-state index >= 15 is 0 Å². The number of rotatable bonds is 4. The molecule has 1 aromatic heterocycles.